The minimum atomic E-state index is 0. The first-order valence-electron chi connectivity index (χ1n) is 9.76. The van der Waals surface area contributed by atoms with Gasteiger partial charge in [-0.1, -0.05) is 26.2 Å². The fourth-order valence-electron chi connectivity index (χ4n) is 2.52. The Bertz CT molecular complexity index is 476. The van der Waals surface area contributed by atoms with Gasteiger partial charge in [-0.25, -0.2) is 4.98 Å². The summed E-state index contributed by atoms with van der Waals surface area (Å²) in [6.45, 7) is 8.16. The Balaban J connectivity index is 0.00000625. The highest BCUT2D eigenvalue weighted by Crippen LogP contribution is 2.13. The molecule has 1 rings (SSSR count). The Labute approximate surface area is 181 Å². The molecule has 0 saturated carbocycles. The van der Waals surface area contributed by atoms with E-state index in [4.69, 9.17) is 0 Å². The molecule has 0 aliphatic heterocycles. The van der Waals surface area contributed by atoms with Crippen LogP contribution in [0.4, 0.5) is 0 Å². The van der Waals surface area contributed by atoms with Crippen molar-refractivity contribution < 1.29 is 0 Å². The molecule has 0 aliphatic carbocycles. The van der Waals surface area contributed by atoms with Gasteiger partial charge < -0.3 is 15.5 Å². The number of guanidine groups is 1. The number of hydrogen-bond acceptors (Lipinski definition) is 4. The number of halogens is 1. The first-order chi connectivity index (χ1) is 12.2. The van der Waals surface area contributed by atoms with Crippen LogP contribution in [0.3, 0.4) is 0 Å². The number of thiazole rings is 1. The Morgan fingerprint density at radius 3 is 2.50 bits per heavy atom. The van der Waals surface area contributed by atoms with E-state index in [1.54, 1.807) is 0 Å². The second-order valence-electron chi connectivity index (χ2n) is 6.58. The van der Waals surface area contributed by atoms with Gasteiger partial charge in [-0.15, -0.1) is 35.3 Å². The smallest absolute Gasteiger partial charge is 0.191 e. The van der Waals surface area contributed by atoms with E-state index in [0.717, 1.165) is 38.4 Å². The zero-order chi connectivity index (χ0) is 18.3. The second kappa shape index (κ2) is 16.7. The summed E-state index contributed by atoms with van der Waals surface area (Å²) >= 11 is 1.82. The molecule has 26 heavy (non-hydrogen) atoms. The summed E-state index contributed by atoms with van der Waals surface area (Å²) in [6, 6.07) is 0. The first-order valence-corrected chi connectivity index (χ1v) is 10.6. The van der Waals surface area contributed by atoms with E-state index in [9.17, 15) is 0 Å². The zero-order valence-electron chi connectivity index (χ0n) is 17.0. The average molecular weight is 496 g/mol. The van der Waals surface area contributed by atoms with E-state index in [-0.39, 0.29) is 24.0 Å². The van der Waals surface area contributed by atoms with Gasteiger partial charge in [0, 0.05) is 37.1 Å². The SMILES string of the molecule is CCNC(=NCCCCCCCN(C)C)NCCc1ncc(CC)s1.I. The lowest BCUT2D eigenvalue weighted by molar-refractivity contribution is 0.390. The number of nitrogens with one attached hydrogen (secondary N) is 2. The third-order valence-electron chi connectivity index (χ3n) is 3.96. The first kappa shape index (κ1) is 25.6. The normalized spacial score (nSPS) is 11.5. The second-order valence-corrected chi connectivity index (χ2v) is 7.78. The largest absolute Gasteiger partial charge is 0.357 e. The maximum Gasteiger partial charge on any atom is 0.191 e. The third-order valence-corrected chi connectivity index (χ3v) is 5.16. The molecule has 0 aliphatic rings. The monoisotopic (exact) mass is 495 g/mol. The van der Waals surface area contributed by atoms with E-state index in [1.807, 2.05) is 17.5 Å². The van der Waals surface area contributed by atoms with Crippen LogP contribution in [0, 0.1) is 0 Å². The van der Waals surface area contributed by atoms with Crippen LogP contribution in [0.1, 0.15) is 55.8 Å². The summed E-state index contributed by atoms with van der Waals surface area (Å²) in [5.74, 6) is 0.933. The zero-order valence-corrected chi connectivity index (χ0v) is 20.2. The van der Waals surface area contributed by atoms with Crippen molar-refractivity contribution in [3.05, 3.63) is 16.1 Å². The number of rotatable bonds is 13. The number of aliphatic imine (C=N–C) groups is 1. The van der Waals surface area contributed by atoms with Crippen LogP contribution in [0.25, 0.3) is 0 Å². The quantitative estimate of drug-likeness (QED) is 0.189. The van der Waals surface area contributed by atoms with Crippen molar-refractivity contribution in [1.82, 2.24) is 20.5 Å². The van der Waals surface area contributed by atoms with Crippen molar-refractivity contribution in [2.24, 2.45) is 4.99 Å². The molecule has 0 bridgehead atoms. The summed E-state index contributed by atoms with van der Waals surface area (Å²) in [4.78, 5) is 12.8. The molecule has 0 radical (unpaired) electrons. The lowest BCUT2D eigenvalue weighted by Gasteiger charge is -2.10. The van der Waals surface area contributed by atoms with Gasteiger partial charge in [0.1, 0.15) is 0 Å². The fourth-order valence-corrected chi connectivity index (χ4v) is 3.38. The molecule has 2 N–H and O–H groups in total. The minimum absolute atomic E-state index is 0. The van der Waals surface area contributed by atoms with Crippen LogP contribution >= 0.6 is 35.3 Å². The molecule has 1 aromatic heterocycles. The summed E-state index contributed by atoms with van der Waals surface area (Å²) in [6.07, 6.45) is 10.4. The Morgan fingerprint density at radius 1 is 1.12 bits per heavy atom. The molecule has 0 unspecified atom stereocenters. The molecule has 0 amide bonds. The molecule has 1 heterocycles. The van der Waals surface area contributed by atoms with E-state index < -0.39 is 0 Å². The van der Waals surface area contributed by atoms with Crippen molar-refractivity contribution in [2.75, 3.05) is 40.3 Å². The van der Waals surface area contributed by atoms with E-state index >= 15 is 0 Å². The predicted octanol–water partition coefficient (Wildman–Crippen LogP) is 3.93. The highest BCUT2D eigenvalue weighted by molar-refractivity contribution is 14.0. The van der Waals surface area contributed by atoms with Gasteiger partial charge in [0.25, 0.3) is 0 Å². The number of nitrogens with zero attached hydrogens (tertiary/aromatic N) is 3. The topological polar surface area (TPSA) is 52.6 Å². The summed E-state index contributed by atoms with van der Waals surface area (Å²) in [5, 5.41) is 7.95. The van der Waals surface area contributed by atoms with E-state index in [1.165, 1.54) is 48.5 Å². The predicted molar refractivity (Wildman–Crippen MR) is 126 cm³/mol. The van der Waals surface area contributed by atoms with Gasteiger partial charge in [-0.2, -0.15) is 0 Å². The third kappa shape index (κ3) is 12.9. The highest BCUT2D eigenvalue weighted by atomic mass is 127. The number of aryl methyl sites for hydroxylation is 1. The highest BCUT2D eigenvalue weighted by Gasteiger charge is 2.02. The lowest BCUT2D eigenvalue weighted by Crippen LogP contribution is -2.38. The van der Waals surface area contributed by atoms with Gasteiger partial charge in [0.05, 0.1) is 5.01 Å². The Kier molecular flexibility index (Phi) is 16.5. The van der Waals surface area contributed by atoms with Crippen LogP contribution < -0.4 is 10.6 Å². The molecule has 0 fully saturated rings. The summed E-state index contributed by atoms with van der Waals surface area (Å²) < 4.78 is 0. The van der Waals surface area contributed by atoms with Crippen LogP contribution in [-0.2, 0) is 12.8 Å². The maximum absolute atomic E-state index is 4.68. The lowest BCUT2D eigenvalue weighted by atomic mass is 10.1. The maximum atomic E-state index is 4.68. The molecule has 152 valence electrons. The molecule has 7 heteroatoms. The minimum Gasteiger partial charge on any atom is -0.357 e. The van der Waals surface area contributed by atoms with Gasteiger partial charge >= 0.3 is 0 Å². The average Bonchev–Trinajstić information content (AvgIpc) is 3.05. The van der Waals surface area contributed by atoms with Crippen LogP contribution in [0.5, 0.6) is 0 Å². The number of unbranched alkanes of at least 4 members (excludes halogenated alkanes) is 4. The molecular weight excluding hydrogens is 457 g/mol. The summed E-state index contributed by atoms with van der Waals surface area (Å²) in [7, 11) is 4.28. The van der Waals surface area contributed by atoms with Gasteiger partial charge in [-0.3, -0.25) is 4.99 Å². The van der Waals surface area contributed by atoms with Crippen LogP contribution in [0.15, 0.2) is 11.2 Å². The van der Waals surface area contributed by atoms with Gasteiger partial charge in [0.2, 0.25) is 0 Å². The van der Waals surface area contributed by atoms with Crippen molar-refractivity contribution >= 4 is 41.3 Å². The van der Waals surface area contributed by atoms with Crippen molar-refractivity contribution in [1.29, 1.82) is 0 Å². The van der Waals surface area contributed by atoms with Gasteiger partial charge in [-0.05, 0) is 46.8 Å². The molecule has 5 nitrogen and oxygen atoms in total. The fraction of sp³-hybridized carbons (Fsp3) is 0.789. The Hall–Kier alpha value is -0.410. The van der Waals surface area contributed by atoms with Crippen LogP contribution in [0.2, 0.25) is 0 Å². The molecule has 0 atom stereocenters. The van der Waals surface area contributed by atoms with Crippen LogP contribution in [-0.4, -0.2) is 56.1 Å². The van der Waals surface area contributed by atoms with E-state index in [2.05, 4.69) is 53.5 Å². The molecule has 0 spiro atoms. The van der Waals surface area contributed by atoms with Crippen molar-refractivity contribution in [3.63, 3.8) is 0 Å². The molecular formula is C19H38IN5S. The number of aromatic nitrogens is 1. The van der Waals surface area contributed by atoms with Crippen molar-refractivity contribution in [3.8, 4) is 0 Å². The molecule has 0 aromatic carbocycles. The molecule has 1 aromatic rings. The Morgan fingerprint density at radius 2 is 1.85 bits per heavy atom. The summed E-state index contributed by atoms with van der Waals surface area (Å²) in [5.41, 5.74) is 0. The number of hydrogen-bond donors (Lipinski definition) is 2. The van der Waals surface area contributed by atoms with E-state index in [0.29, 0.717) is 0 Å². The standard InChI is InChI=1S/C19H37N5S.HI/c1-5-17-16-23-18(25-17)12-14-22-19(20-6-2)21-13-10-8-7-9-11-15-24(3)4;/h16H,5-15H2,1-4H3,(H2,20,21,22);1H. The molecule has 0 saturated heterocycles. The van der Waals surface area contributed by atoms with Gasteiger partial charge in [0.15, 0.2) is 5.96 Å². The van der Waals surface area contributed by atoms with Crippen molar-refractivity contribution in [2.45, 2.75) is 58.8 Å².